The van der Waals surface area contributed by atoms with Crippen molar-refractivity contribution in [3.05, 3.63) is 52.1 Å². The molecule has 1 saturated carbocycles. The SMILES string of the molecule is Cc1nn(Cc2ccc(Cl)cc2F)cc1CNC1CC1. The summed E-state index contributed by atoms with van der Waals surface area (Å²) in [5.74, 6) is -0.289. The Labute approximate surface area is 122 Å². The van der Waals surface area contributed by atoms with Gasteiger partial charge < -0.3 is 5.32 Å². The van der Waals surface area contributed by atoms with E-state index in [1.807, 2.05) is 13.1 Å². The first kappa shape index (κ1) is 13.6. The number of halogens is 2. The molecule has 0 radical (unpaired) electrons. The zero-order chi connectivity index (χ0) is 14.1. The van der Waals surface area contributed by atoms with Crippen molar-refractivity contribution in [2.75, 3.05) is 0 Å². The van der Waals surface area contributed by atoms with Crippen LogP contribution in [0.25, 0.3) is 0 Å². The van der Waals surface area contributed by atoms with Crippen LogP contribution in [0, 0.1) is 12.7 Å². The van der Waals surface area contributed by atoms with E-state index >= 15 is 0 Å². The van der Waals surface area contributed by atoms with Crippen molar-refractivity contribution in [3.63, 3.8) is 0 Å². The number of rotatable bonds is 5. The molecule has 0 atom stereocenters. The van der Waals surface area contributed by atoms with Gasteiger partial charge in [0.1, 0.15) is 5.82 Å². The lowest BCUT2D eigenvalue weighted by atomic mass is 10.2. The Balaban J connectivity index is 1.71. The minimum Gasteiger partial charge on any atom is -0.310 e. The van der Waals surface area contributed by atoms with Crippen molar-refractivity contribution in [2.24, 2.45) is 0 Å². The summed E-state index contributed by atoms with van der Waals surface area (Å²) in [6.45, 7) is 3.24. The van der Waals surface area contributed by atoms with Crippen LogP contribution in [0.4, 0.5) is 4.39 Å². The van der Waals surface area contributed by atoms with Crippen LogP contribution >= 0.6 is 11.6 Å². The summed E-state index contributed by atoms with van der Waals surface area (Å²) in [5, 5.41) is 8.32. The lowest BCUT2D eigenvalue weighted by Crippen LogP contribution is -2.15. The summed E-state index contributed by atoms with van der Waals surface area (Å²) in [7, 11) is 0. The van der Waals surface area contributed by atoms with Crippen LogP contribution in [-0.2, 0) is 13.1 Å². The zero-order valence-electron chi connectivity index (χ0n) is 11.4. The van der Waals surface area contributed by atoms with Crippen LogP contribution in [0.5, 0.6) is 0 Å². The average molecular weight is 294 g/mol. The van der Waals surface area contributed by atoms with Crippen molar-refractivity contribution >= 4 is 11.6 Å². The third-order valence-corrected chi connectivity index (χ3v) is 3.79. The van der Waals surface area contributed by atoms with Gasteiger partial charge in [-0.3, -0.25) is 4.68 Å². The molecule has 1 aliphatic rings. The van der Waals surface area contributed by atoms with Gasteiger partial charge in [-0.2, -0.15) is 5.10 Å². The predicted molar refractivity (Wildman–Crippen MR) is 77.3 cm³/mol. The summed E-state index contributed by atoms with van der Waals surface area (Å²) in [6, 6.07) is 5.41. The van der Waals surface area contributed by atoms with E-state index < -0.39 is 0 Å². The minimum absolute atomic E-state index is 0.289. The fraction of sp³-hybridized carbons (Fsp3) is 0.400. The normalized spacial score (nSPS) is 14.8. The van der Waals surface area contributed by atoms with E-state index in [1.165, 1.54) is 24.5 Å². The Hall–Kier alpha value is -1.39. The molecule has 0 amide bonds. The molecule has 1 N–H and O–H groups in total. The smallest absolute Gasteiger partial charge is 0.129 e. The van der Waals surface area contributed by atoms with Crippen molar-refractivity contribution in [1.29, 1.82) is 0 Å². The topological polar surface area (TPSA) is 29.9 Å². The lowest BCUT2D eigenvalue weighted by Gasteiger charge is -2.04. The van der Waals surface area contributed by atoms with Gasteiger partial charge in [-0.1, -0.05) is 17.7 Å². The van der Waals surface area contributed by atoms with E-state index in [2.05, 4.69) is 10.4 Å². The highest BCUT2D eigenvalue weighted by Crippen LogP contribution is 2.20. The summed E-state index contributed by atoms with van der Waals surface area (Å²) in [6.07, 6.45) is 4.52. The van der Waals surface area contributed by atoms with Crippen LogP contribution < -0.4 is 5.32 Å². The van der Waals surface area contributed by atoms with Gasteiger partial charge in [-0.25, -0.2) is 4.39 Å². The lowest BCUT2D eigenvalue weighted by molar-refractivity contribution is 0.583. The standard InChI is InChI=1S/C15H17ClFN3/c1-10-12(7-18-14-4-5-14)9-20(19-10)8-11-2-3-13(16)6-15(11)17/h2-3,6,9,14,18H,4-5,7-8H2,1H3. The summed E-state index contributed by atoms with van der Waals surface area (Å²) >= 11 is 5.76. The molecule has 3 rings (SSSR count). The van der Waals surface area contributed by atoms with E-state index in [9.17, 15) is 4.39 Å². The number of benzene rings is 1. The maximum Gasteiger partial charge on any atom is 0.129 e. The van der Waals surface area contributed by atoms with E-state index in [1.54, 1.807) is 16.8 Å². The van der Waals surface area contributed by atoms with Crippen LogP contribution in [0.1, 0.15) is 29.7 Å². The minimum atomic E-state index is -0.289. The van der Waals surface area contributed by atoms with Gasteiger partial charge in [0.25, 0.3) is 0 Å². The van der Waals surface area contributed by atoms with E-state index in [-0.39, 0.29) is 5.82 Å². The molecule has 2 aromatic rings. The quantitative estimate of drug-likeness (QED) is 0.917. The molecule has 0 unspecified atom stereocenters. The molecule has 0 saturated heterocycles. The molecule has 0 bridgehead atoms. The van der Waals surface area contributed by atoms with Crippen molar-refractivity contribution in [2.45, 2.75) is 38.9 Å². The maximum absolute atomic E-state index is 13.8. The molecular formula is C15H17ClFN3. The molecule has 1 aliphatic carbocycles. The number of hydrogen-bond donors (Lipinski definition) is 1. The third kappa shape index (κ3) is 3.19. The van der Waals surface area contributed by atoms with Gasteiger partial charge in [0.2, 0.25) is 0 Å². The van der Waals surface area contributed by atoms with Gasteiger partial charge in [-0.05, 0) is 31.9 Å². The molecule has 20 heavy (non-hydrogen) atoms. The van der Waals surface area contributed by atoms with E-state index in [0.717, 1.165) is 12.2 Å². The Morgan fingerprint density at radius 1 is 1.40 bits per heavy atom. The summed E-state index contributed by atoms with van der Waals surface area (Å²) < 4.78 is 15.6. The molecule has 1 aromatic heterocycles. The van der Waals surface area contributed by atoms with Gasteiger partial charge in [0.05, 0.1) is 12.2 Å². The van der Waals surface area contributed by atoms with Crippen LogP contribution in [-0.4, -0.2) is 15.8 Å². The van der Waals surface area contributed by atoms with Crippen LogP contribution in [0.3, 0.4) is 0 Å². The van der Waals surface area contributed by atoms with Crippen molar-refractivity contribution < 1.29 is 4.39 Å². The molecule has 5 heteroatoms. The Morgan fingerprint density at radius 3 is 2.90 bits per heavy atom. The Morgan fingerprint density at radius 2 is 2.20 bits per heavy atom. The largest absolute Gasteiger partial charge is 0.310 e. The third-order valence-electron chi connectivity index (χ3n) is 3.55. The number of nitrogens with zero attached hydrogens (tertiary/aromatic N) is 2. The second kappa shape index (κ2) is 5.54. The van der Waals surface area contributed by atoms with Gasteiger partial charge >= 0.3 is 0 Å². The molecule has 1 fully saturated rings. The van der Waals surface area contributed by atoms with Gasteiger partial charge in [0, 0.05) is 34.9 Å². The van der Waals surface area contributed by atoms with E-state index in [0.29, 0.717) is 23.2 Å². The second-order valence-corrected chi connectivity index (χ2v) is 5.76. The highest BCUT2D eigenvalue weighted by atomic mass is 35.5. The van der Waals surface area contributed by atoms with Crippen LogP contribution in [0.15, 0.2) is 24.4 Å². The highest BCUT2D eigenvalue weighted by molar-refractivity contribution is 6.30. The first-order valence-corrected chi connectivity index (χ1v) is 7.20. The molecule has 0 spiro atoms. The number of aryl methyl sites for hydroxylation is 1. The molecule has 106 valence electrons. The van der Waals surface area contributed by atoms with Gasteiger partial charge in [0.15, 0.2) is 0 Å². The number of nitrogens with one attached hydrogen (secondary N) is 1. The summed E-state index contributed by atoms with van der Waals surface area (Å²) in [4.78, 5) is 0. The predicted octanol–water partition coefficient (Wildman–Crippen LogP) is 3.28. The maximum atomic E-state index is 13.8. The number of aromatic nitrogens is 2. The highest BCUT2D eigenvalue weighted by Gasteiger charge is 2.20. The Bertz CT molecular complexity index is 620. The van der Waals surface area contributed by atoms with Crippen molar-refractivity contribution in [3.8, 4) is 0 Å². The molecule has 1 aromatic carbocycles. The second-order valence-electron chi connectivity index (χ2n) is 5.33. The number of hydrogen-bond acceptors (Lipinski definition) is 2. The molecule has 1 heterocycles. The van der Waals surface area contributed by atoms with E-state index in [4.69, 9.17) is 11.6 Å². The Kier molecular flexibility index (Phi) is 3.76. The van der Waals surface area contributed by atoms with Crippen molar-refractivity contribution in [1.82, 2.24) is 15.1 Å². The average Bonchev–Trinajstić information content (AvgIpc) is 3.15. The molecule has 0 aliphatic heterocycles. The molecule has 3 nitrogen and oxygen atoms in total. The zero-order valence-corrected chi connectivity index (χ0v) is 12.1. The first-order valence-electron chi connectivity index (χ1n) is 6.82. The first-order chi connectivity index (χ1) is 9.61. The summed E-state index contributed by atoms with van der Waals surface area (Å²) in [5.41, 5.74) is 2.76. The monoisotopic (exact) mass is 293 g/mol. The van der Waals surface area contributed by atoms with Gasteiger partial charge in [-0.15, -0.1) is 0 Å². The fourth-order valence-corrected chi connectivity index (χ4v) is 2.34. The van der Waals surface area contributed by atoms with Crippen LogP contribution in [0.2, 0.25) is 5.02 Å². The fourth-order valence-electron chi connectivity index (χ4n) is 2.18. The molecular weight excluding hydrogens is 277 g/mol.